The first-order chi connectivity index (χ1) is 16.5. The molecule has 3 aromatic rings. The van der Waals surface area contributed by atoms with E-state index in [1.807, 2.05) is 0 Å². The lowest BCUT2D eigenvalue weighted by atomic mass is 9.83. The summed E-state index contributed by atoms with van der Waals surface area (Å²) in [7, 11) is 0. The standard InChI is InChI=1S/C24H22N4O5S/c1-3-32-23(30)18-17(15-7-11-27-12-8-15)19(24(31)33-4-2)22-28(20(18)25)21(29)16(34-22)13-14-5-9-26-10-6-14/h5-13,17H,3-4,25H2,1-2H3/b16-13-/t17-/m0/s1. The van der Waals surface area contributed by atoms with E-state index in [0.717, 1.165) is 16.9 Å². The number of hydrogen-bond acceptors (Lipinski definition) is 9. The van der Waals surface area contributed by atoms with Crippen LogP contribution in [0.15, 0.2) is 59.4 Å². The van der Waals surface area contributed by atoms with Gasteiger partial charge in [0.25, 0.3) is 5.56 Å². The molecule has 0 spiro atoms. The van der Waals surface area contributed by atoms with Gasteiger partial charge >= 0.3 is 11.9 Å². The van der Waals surface area contributed by atoms with Crippen LogP contribution in [-0.2, 0) is 19.1 Å². The summed E-state index contributed by atoms with van der Waals surface area (Å²) in [5, 5.41) is 0. The number of ether oxygens (including phenoxy) is 2. The van der Waals surface area contributed by atoms with Gasteiger partial charge in [-0.05, 0) is 55.3 Å². The molecule has 10 heteroatoms. The Morgan fingerprint density at radius 2 is 1.56 bits per heavy atom. The second kappa shape index (κ2) is 9.84. The van der Waals surface area contributed by atoms with E-state index in [1.165, 1.54) is 4.57 Å². The van der Waals surface area contributed by atoms with Crippen LogP contribution in [0.2, 0.25) is 0 Å². The topological polar surface area (TPSA) is 126 Å². The number of fused-ring (bicyclic) bond motifs is 1. The Kier molecular flexibility index (Phi) is 6.69. The molecule has 0 saturated heterocycles. The van der Waals surface area contributed by atoms with Crippen molar-refractivity contribution >= 4 is 40.7 Å². The molecule has 0 fully saturated rings. The molecule has 0 aromatic carbocycles. The van der Waals surface area contributed by atoms with Crippen LogP contribution in [0, 0.1) is 0 Å². The van der Waals surface area contributed by atoms with Crippen LogP contribution in [-0.4, -0.2) is 39.7 Å². The average Bonchev–Trinajstić information content (AvgIpc) is 3.16. The Bertz CT molecular complexity index is 1440. The van der Waals surface area contributed by atoms with Crippen molar-refractivity contribution in [3.05, 3.63) is 85.3 Å². The molecular formula is C24H22N4O5S. The minimum absolute atomic E-state index is 0.000959. The summed E-state index contributed by atoms with van der Waals surface area (Å²) in [5.74, 6) is -2.34. The molecule has 0 unspecified atom stereocenters. The smallest absolute Gasteiger partial charge is 0.338 e. The van der Waals surface area contributed by atoms with Crippen molar-refractivity contribution in [1.82, 2.24) is 14.5 Å². The van der Waals surface area contributed by atoms with Crippen LogP contribution >= 0.6 is 11.3 Å². The van der Waals surface area contributed by atoms with E-state index in [4.69, 9.17) is 15.2 Å². The van der Waals surface area contributed by atoms with E-state index in [2.05, 4.69) is 9.97 Å². The predicted molar refractivity (Wildman–Crippen MR) is 127 cm³/mol. The Morgan fingerprint density at radius 1 is 1.00 bits per heavy atom. The van der Waals surface area contributed by atoms with Gasteiger partial charge in [-0.1, -0.05) is 0 Å². The minimum atomic E-state index is -0.895. The molecule has 2 N–H and O–H groups in total. The van der Waals surface area contributed by atoms with Crippen molar-refractivity contribution in [3.8, 4) is 0 Å². The van der Waals surface area contributed by atoms with Crippen LogP contribution < -0.4 is 20.5 Å². The highest BCUT2D eigenvalue weighted by atomic mass is 32.1. The van der Waals surface area contributed by atoms with Gasteiger partial charge in [-0.25, -0.2) is 9.59 Å². The Morgan fingerprint density at radius 3 is 2.15 bits per heavy atom. The number of thiazole rings is 1. The van der Waals surface area contributed by atoms with Gasteiger partial charge in [-0.15, -0.1) is 11.3 Å². The number of carbonyl (C=O) groups excluding carboxylic acids is 2. The van der Waals surface area contributed by atoms with Crippen molar-refractivity contribution in [2.75, 3.05) is 13.2 Å². The fourth-order valence-electron chi connectivity index (χ4n) is 3.76. The summed E-state index contributed by atoms with van der Waals surface area (Å²) in [6, 6.07) is 6.87. The van der Waals surface area contributed by atoms with Gasteiger partial charge in [-0.3, -0.25) is 19.3 Å². The lowest BCUT2D eigenvalue weighted by Crippen LogP contribution is -2.42. The monoisotopic (exact) mass is 478 g/mol. The van der Waals surface area contributed by atoms with Crippen LogP contribution in [0.25, 0.3) is 17.5 Å². The molecular weight excluding hydrogens is 456 g/mol. The molecule has 0 radical (unpaired) electrons. The van der Waals surface area contributed by atoms with Crippen molar-refractivity contribution in [2.24, 2.45) is 5.73 Å². The number of pyridine rings is 2. The van der Waals surface area contributed by atoms with Crippen LogP contribution in [0.4, 0.5) is 0 Å². The lowest BCUT2D eigenvalue weighted by molar-refractivity contribution is -0.138. The number of carbonyl (C=O) groups is 2. The predicted octanol–water partition coefficient (Wildman–Crippen LogP) is 0.730. The molecule has 1 aliphatic heterocycles. The number of nitrogens with two attached hydrogens (primary N) is 1. The van der Waals surface area contributed by atoms with Crippen LogP contribution in [0.3, 0.4) is 0 Å². The summed E-state index contributed by atoms with van der Waals surface area (Å²) in [6.07, 6.45) is 8.01. The van der Waals surface area contributed by atoms with Gasteiger partial charge in [0.15, 0.2) is 0 Å². The highest BCUT2D eigenvalue weighted by Gasteiger charge is 2.39. The number of nitrogens with zero attached hydrogens (tertiary/aromatic N) is 3. The fourth-order valence-corrected chi connectivity index (χ4v) is 4.93. The Labute approximate surface area is 198 Å². The summed E-state index contributed by atoms with van der Waals surface area (Å²) in [4.78, 5) is 47.7. The van der Waals surface area contributed by atoms with Gasteiger partial charge in [0.1, 0.15) is 10.5 Å². The molecule has 0 saturated carbocycles. The van der Waals surface area contributed by atoms with Crippen molar-refractivity contribution in [1.29, 1.82) is 0 Å². The van der Waals surface area contributed by atoms with E-state index in [1.54, 1.807) is 69.0 Å². The third-order valence-electron chi connectivity index (χ3n) is 5.18. The van der Waals surface area contributed by atoms with Gasteiger partial charge in [-0.2, -0.15) is 0 Å². The zero-order chi connectivity index (χ0) is 24.2. The SMILES string of the molecule is CCOC(=O)C1=C(N)n2c(s/c(=C\c3ccncc3)c2=O)=C(C(=O)OCC)[C@H]1c1ccncc1. The van der Waals surface area contributed by atoms with Crippen LogP contribution in [0.5, 0.6) is 0 Å². The maximum atomic E-state index is 13.4. The summed E-state index contributed by atoms with van der Waals surface area (Å²) < 4.78 is 12.4. The molecule has 0 aliphatic carbocycles. The van der Waals surface area contributed by atoms with Crippen molar-refractivity contribution in [3.63, 3.8) is 0 Å². The first kappa shape index (κ1) is 23.1. The maximum absolute atomic E-state index is 13.4. The maximum Gasteiger partial charge on any atom is 0.338 e. The normalized spacial score (nSPS) is 15.8. The van der Waals surface area contributed by atoms with E-state index in [0.29, 0.717) is 14.8 Å². The van der Waals surface area contributed by atoms with Gasteiger partial charge < -0.3 is 15.2 Å². The van der Waals surface area contributed by atoms with Crippen molar-refractivity contribution in [2.45, 2.75) is 19.8 Å². The molecule has 0 bridgehead atoms. The van der Waals surface area contributed by atoms with Gasteiger partial charge in [0, 0.05) is 24.8 Å². The third kappa shape index (κ3) is 4.15. The second-order valence-electron chi connectivity index (χ2n) is 7.20. The van der Waals surface area contributed by atoms with E-state index in [-0.39, 0.29) is 30.2 Å². The summed E-state index contributed by atoms with van der Waals surface area (Å²) in [6.45, 7) is 3.56. The Balaban J connectivity index is 2.11. The average molecular weight is 479 g/mol. The van der Waals surface area contributed by atoms with Crippen molar-refractivity contribution < 1.29 is 19.1 Å². The first-order valence-electron chi connectivity index (χ1n) is 10.6. The number of aromatic nitrogens is 3. The summed E-state index contributed by atoms with van der Waals surface area (Å²) in [5.41, 5.74) is 7.47. The Hall–Kier alpha value is -4.05. The van der Waals surface area contributed by atoms with E-state index < -0.39 is 23.4 Å². The quantitative estimate of drug-likeness (QED) is 0.514. The summed E-state index contributed by atoms with van der Waals surface area (Å²) >= 11 is 1.10. The largest absolute Gasteiger partial charge is 0.463 e. The van der Waals surface area contributed by atoms with E-state index in [9.17, 15) is 14.4 Å². The van der Waals surface area contributed by atoms with Crippen LogP contribution in [0.1, 0.15) is 30.9 Å². The molecule has 4 rings (SSSR count). The minimum Gasteiger partial charge on any atom is -0.463 e. The molecule has 0 amide bonds. The molecule has 174 valence electrons. The molecule has 1 atom stereocenters. The third-order valence-corrected chi connectivity index (χ3v) is 6.29. The first-order valence-corrected chi connectivity index (χ1v) is 11.4. The number of esters is 2. The molecule has 3 aromatic heterocycles. The number of hydrogen-bond donors (Lipinski definition) is 1. The second-order valence-corrected chi connectivity index (χ2v) is 8.23. The molecule has 1 aliphatic rings. The molecule has 34 heavy (non-hydrogen) atoms. The van der Waals surface area contributed by atoms with Gasteiger partial charge in [0.2, 0.25) is 0 Å². The van der Waals surface area contributed by atoms with Gasteiger partial charge in [0.05, 0.1) is 34.8 Å². The zero-order valence-electron chi connectivity index (χ0n) is 18.6. The molecule has 4 heterocycles. The zero-order valence-corrected chi connectivity index (χ0v) is 19.4. The van der Waals surface area contributed by atoms with E-state index >= 15 is 0 Å². The highest BCUT2D eigenvalue weighted by Crippen LogP contribution is 2.37. The fraction of sp³-hybridized carbons (Fsp3) is 0.208. The number of rotatable bonds is 6. The lowest BCUT2D eigenvalue weighted by Gasteiger charge is -2.26. The highest BCUT2D eigenvalue weighted by molar-refractivity contribution is 7.07. The molecule has 9 nitrogen and oxygen atoms in total.